The van der Waals surface area contributed by atoms with Gasteiger partial charge in [-0.15, -0.1) is 0 Å². The van der Waals surface area contributed by atoms with Gasteiger partial charge in [-0.05, 0) is 40.3 Å². The minimum atomic E-state index is -0.213. The molecule has 0 aromatic heterocycles. The highest BCUT2D eigenvalue weighted by Crippen LogP contribution is 2.29. The zero-order chi connectivity index (χ0) is 12.3. The average molecular weight is 221 g/mol. The monoisotopic (exact) mass is 221 g/mol. The fourth-order valence-corrected chi connectivity index (χ4v) is 2.21. The number of rotatable bonds is 4. The molecule has 0 spiro atoms. The summed E-state index contributed by atoms with van der Waals surface area (Å²) in [5.41, 5.74) is 3.66. The highest BCUT2D eigenvalue weighted by molar-refractivity contribution is 5.32. The Morgan fingerprint density at radius 1 is 1.12 bits per heavy atom. The molecule has 16 heavy (non-hydrogen) atoms. The predicted octanol–water partition coefficient (Wildman–Crippen LogP) is 2.99. The Hall–Kier alpha value is -0.860. The van der Waals surface area contributed by atoms with Crippen molar-refractivity contribution in [2.45, 2.75) is 39.3 Å². The van der Waals surface area contributed by atoms with Crippen LogP contribution in [0.25, 0.3) is 0 Å². The third-order valence-corrected chi connectivity index (χ3v) is 3.09. The minimum absolute atomic E-state index is 0.205. The zero-order valence-electron chi connectivity index (χ0n) is 11.2. The molecule has 1 N–H and O–H groups in total. The molecule has 0 heterocycles. The third-order valence-electron chi connectivity index (χ3n) is 3.09. The number of aryl methyl sites for hydroxylation is 2. The van der Waals surface area contributed by atoms with E-state index in [-0.39, 0.29) is 11.6 Å². The van der Waals surface area contributed by atoms with Gasteiger partial charge >= 0.3 is 0 Å². The summed E-state index contributed by atoms with van der Waals surface area (Å²) in [6.45, 7) is 8.46. The lowest BCUT2D eigenvalue weighted by Crippen LogP contribution is -2.39. The van der Waals surface area contributed by atoms with E-state index in [1.165, 1.54) is 16.7 Å². The number of methoxy groups -OCH3 is 1. The number of likely N-dealkylation sites (N-methyl/N-ethyl adjacent to an activating group) is 1. The van der Waals surface area contributed by atoms with Crippen LogP contribution in [-0.2, 0) is 4.74 Å². The molecule has 90 valence electrons. The highest BCUT2D eigenvalue weighted by atomic mass is 16.5. The standard InChI is InChI=1S/C14H23NO/c1-10-7-11(2)9-12(8-10)13(15-5)14(3,4)16-6/h7-9,13,15H,1-6H3. The molecule has 0 fully saturated rings. The summed E-state index contributed by atoms with van der Waals surface area (Å²) in [7, 11) is 3.73. The van der Waals surface area contributed by atoms with Crippen molar-refractivity contribution in [3.8, 4) is 0 Å². The Balaban J connectivity index is 3.13. The van der Waals surface area contributed by atoms with Crippen molar-refractivity contribution in [1.82, 2.24) is 5.32 Å². The minimum Gasteiger partial charge on any atom is -0.377 e. The number of hydrogen-bond acceptors (Lipinski definition) is 2. The molecule has 1 rings (SSSR count). The maximum absolute atomic E-state index is 5.56. The van der Waals surface area contributed by atoms with Crippen LogP contribution in [0.2, 0.25) is 0 Å². The molecular formula is C14H23NO. The lowest BCUT2D eigenvalue weighted by atomic mass is 9.90. The molecule has 0 amide bonds. The Morgan fingerprint density at radius 2 is 1.62 bits per heavy atom. The Morgan fingerprint density at radius 3 is 2.00 bits per heavy atom. The van der Waals surface area contributed by atoms with Gasteiger partial charge in [0.25, 0.3) is 0 Å². The first-order valence-electron chi connectivity index (χ1n) is 5.71. The van der Waals surface area contributed by atoms with Gasteiger partial charge in [0.1, 0.15) is 0 Å². The zero-order valence-corrected chi connectivity index (χ0v) is 11.2. The highest BCUT2D eigenvalue weighted by Gasteiger charge is 2.29. The Bertz CT molecular complexity index is 338. The SMILES string of the molecule is CNC(c1cc(C)cc(C)c1)C(C)(C)OC. The third kappa shape index (κ3) is 2.83. The second kappa shape index (κ2) is 4.98. The first-order chi connectivity index (χ1) is 7.40. The van der Waals surface area contributed by atoms with E-state index in [1.54, 1.807) is 7.11 Å². The van der Waals surface area contributed by atoms with E-state index in [0.717, 1.165) is 0 Å². The molecule has 0 bridgehead atoms. The lowest BCUT2D eigenvalue weighted by Gasteiger charge is -2.33. The van der Waals surface area contributed by atoms with Crippen molar-refractivity contribution in [2.24, 2.45) is 0 Å². The number of ether oxygens (including phenoxy) is 1. The summed E-state index contributed by atoms with van der Waals surface area (Å²) >= 11 is 0. The van der Waals surface area contributed by atoms with Crippen LogP contribution in [0.4, 0.5) is 0 Å². The van der Waals surface area contributed by atoms with Crippen LogP contribution in [0.15, 0.2) is 18.2 Å². The van der Waals surface area contributed by atoms with Crippen LogP contribution >= 0.6 is 0 Å². The van der Waals surface area contributed by atoms with Crippen LogP contribution in [0.5, 0.6) is 0 Å². The van der Waals surface area contributed by atoms with Crippen molar-refractivity contribution < 1.29 is 4.74 Å². The summed E-state index contributed by atoms with van der Waals surface area (Å²) in [5, 5.41) is 3.34. The summed E-state index contributed by atoms with van der Waals surface area (Å²) in [6, 6.07) is 6.83. The number of nitrogens with one attached hydrogen (secondary N) is 1. The quantitative estimate of drug-likeness (QED) is 0.844. The fourth-order valence-electron chi connectivity index (χ4n) is 2.21. The molecule has 0 aliphatic rings. The summed E-state index contributed by atoms with van der Waals surface area (Å²) < 4.78 is 5.56. The number of benzene rings is 1. The van der Waals surface area contributed by atoms with E-state index >= 15 is 0 Å². The van der Waals surface area contributed by atoms with Crippen LogP contribution in [0.3, 0.4) is 0 Å². The normalized spacial score (nSPS) is 13.9. The largest absolute Gasteiger partial charge is 0.377 e. The van der Waals surface area contributed by atoms with Crippen molar-refractivity contribution in [3.63, 3.8) is 0 Å². The van der Waals surface area contributed by atoms with E-state index < -0.39 is 0 Å². The molecule has 0 aliphatic carbocycles. The second-order valence-electron chi connectivity index (χ2n) is 4.95. The van der Waals surface area contributed by atoms with Crippen molar-refractivity contribution in [1.29, 1.82) is 0 Å². The molecule has 1 atom stereocenters. The van der Waals surface area contributed by atoms with E-state index in [2.05, 4.69) is 51.2 Å². The van der Waals surface area contributed by atoms with Gasteiger partial charge in [0.05, 0.1) is 11.6 Å². The Kier molecular flexibility index (Phi) is 4.11. The smallest absolute Gasteiger partial charge is 0.0816 e. The molecule has 0 saturated carbocycles. The maximum atomic E-state index is 5.56. The maximum Gasteiger partial charge on any atom is 0.0816 e. The first-order valence-corrected chi connectivity index (χ1v) is 5.71. The first kappa shape index (κ1) is 13.2. The molecule has 0 radical (unpaired) electrons. The van der Waals surface area contributed by atoms with Crippen LogP contribution < -0.4 is 5.32 Å². The second-order valence-corrected chi connectivity index (χ2v) is 4.95. The van der Waals surface area contributed by atoms with E-state index in [9.17, 15) is 0 Å². The molecule has 0 saturated heterocycles. The molecular weight excluding hydrogens is 198 g/mol. The summed E-state index contributed by atoms with van der Waals surface area (Å²) in [5.74, 6) is 0. The van der Waals surface area contributed by atoms with E-state index in [4.69, 9.17) is 4.74 Å². The van der Waals surface area contributed by atoms with Crippen LogP contribution in [0.1, 0.15) is 36.6 Å². The molecule has 2 nitrogen and oxygen atoms in total. The van der Waals surface area contributed by atoms with Crippen LogP contribution in [0, 0.1) is 13.8 Å². The fraction of sp³-hybridized carbons (Fsp3) is 0.571. The van der Waals surface area contributed by atoms with Gasteiger partial charge in [0, 0.05) is 7.11 Å². The molecule has 1 unspecified atom stereocenters. The topological polar surface area (TPSA) is 21.3 Å². The van der Waals surface area contributed by atoms with Crippen molar-refractivity contribution in [2.75, 3.05) is 14.2 Å². The van der Waals surface area contributed by atoms with Crippen molar-refractivity contribution >= 4 is 0 Å². The van der Waals surface area contributed by atoms with E-state index in [0.29, 0.717) is 0 Å². The molecule has 0 aliphatic heterocycles. The molecule has 1 aromatic rings. The van der Waals surface area contributed by atoms with Gasteiger partial charge in [-0.25, -0.2) is 0 Å². The van der Waals surface area contributed by atoms with Gasteiger partial charge in [-0.2, -0.15) is 0 Å². The van der Waals surface area contributed by atoms with Gasteiger partial charge < -0.3 is 10.1 Å². The summed E-state index contributed by atoms with van der Waals surface area (Å²) in [4.78, 5) is 0. The summed E-state index contributed by atoms with van der Waals surface area (Å²) in [6.07, 6.45) is 0. The number of hydrogen-bond donors (Lipinski definition) is 1. The van der Waals surface area contributed by atoms with Crippen LogP contribution in [-0.4, -0.2) is 19.8 Å². The molecule has 1 aromatic carbocycles. The molecule has 2 heteroatoms. The van der Waals surface area contributed by atoms with E-state index in [1.807, 2.05) is 7.05 Å². The van der Waals surface area contributed by atoms with Gasteiger partial charge in [0.15, 0.2) is 0 Å². The van der Waals surface area contributed by atoms with Crippen molar-refractivity contribution in [3.05, 3.63) is 34.9 Å². The Labute approximate surface area is 99.0 Å². The average Bonchev–Trinajstić information content (AvgIpc) is 2.16. The predicted molar refractivity (Wildman–Crippen MR) is 68.8 cm³/mol. The lowest BCUT2D eigenvalue weighted by molar-refractivity contribution is -0.00900. The van der Waals surface area contributed by atoms with Gasteiger partial charge in [-0.1, -0.05) is 29.3 Å². The van der Waals surface area contributed by atoms with Gasteiger partial charge in [0.2, 0.25) is 0 Å². The van der Waals surface area contributed by atoms with Gasteiger partial charge in [-0.3, -0.25) is 0 Å².